The van der Waals surface area contributed by atoms with Crippen LogP contribution in [0.3, 0.4) is 0 Å². The molecule has 0 atom stereocenters. The molecule has 1 rings (SSSR count). The first-order valence-corrected chi connectivity index (χ1v) is 5.79. The summed E-state index contributed by atoms with van der Waals surface area (Å²) in [4.78, 5) is 24.3. The summed E-state index contributed by atoms with van der Waals surface area (Å²) < 4.78 is 5.09. The SMILES string of the molecule is C=CCN(CCC(=O)NCc1ccco1)C(C)=O. The van der Waals surface area contributed by atoms with Crippen LogP contribution in [0.15, 0.2) is 35.5 Å². The van der Waals surface area contributed by atoms with E-state index >= 15 is 0 Å². The van der Waals surface area contributed by atoms with E-state index in [2.05, 4.69) is 11.9 Å². The fourth-order valence-corrected chi connectivity index (χ4v) is 1.46. The molecule has 5 heteroatoms. The van der Waals surface area contributed by atoms with Gasteiger partial charge in [-0.15, -0.1) is 6.58 Å². The molecule has 0 bridgehead atoms. The van der Waals surface area contributed by atoms with E-state index in [9.17, 15) is 9.59 Å². The molecular weight excluding hydrogens is 232 g/mol. The first kappa shape index (κ1) is 14.0. The maximum Gasteiger partial charge on any atom is 0.222 e. The highest BCUT2D eigenvalue weighted by Crippen LogP contribution is 1.99. The molecular formula is C13H18N2O3. The van der Waals surface area contributed by atoms with E-state index in [0.29, 0.717) is 25.4 Å². The summed E-state index contributed by atoms with van der Waals surface area (Å²) in [6.45, 7) is 6.27. The first-order valence-electron chi connectivity index (χ1n) is 5.79. The van der Waals surface area contributed by atoms with Crippen LogP contribution in [-0.2, 0) is 16.1 Å². The third-order valence-electron chi connectivity index (χ3n) is 2.44. The molecule has 98 valence electrons. The Kier molecular flexibility index (Phi) is 5.70. The van der Waals surface area contributed by atoms with Gasteiger partial charge in [0.1, 0.15) is 5.76 Å². The lowest BCUT2D eigenvalue weighted by molar-refractivity contribution is -0.129. The second kappa shape index (κ2) is 7.32. The normalized spacial score (nSPS) is 9.83. The molecule has 1 aromatic heterocycles. The molecule has 1 N–H and O–H groups in total. The van der Waals surface area contributed by atoms with E-state index in [-0.39, 0.29) is 18.2 Å². The van der Waals surface area contributed by atoms with Crippen LogP contribution >= 0.6 is 0 Å². The Morgan fingerprint density at radius 2 is 2.33 bits per heavy atom. The number of furan rings is 1. The second-order valence-electron chi connectivity index (χ2n) is 3.86. The fourth-order valence-electron chi connectivity index (χ4n) is 1.46. The average Bonchev–Trinajstić information content (AvgIpc) is 2.84. The van der Waals surface area contributed by atoms with Gasteiger partial charge in [0.2, 0.25) is 11.8 Å². The van der Waals surface area contributed by atoms with Crippen LogP contribution in [0.4, 0.5) is 0 Å². The molecule has 2 amide bonds. The molecule has 0 unspecified atom stereocenters. The number of carbonyl (C=O) groups excluding carboxylic acids is 2. The Labute approximate surface area is 106 Å². The Balaban J connectivity index is 2.27. The molecule has 18 heavy (non-hydrogen) atoms. The van der Waals surface area contributed by atoms with Crippen molar-refractivity contribution in [3.8, 4) is 0 Å². The van der Waals surface area contributed by atoms with Gasteiger partial charge in [0, 0.05) is 26.4 Å². The zero-order valence-electron chi connectivity index (χ0n) is 10.5. The summed E-state index contributed by atoms with van der Waals surface area (Å²) in [6, 6.07) is 3.56. The van der Waals surface area contributed by atoms with Gasteiger partial charge < -0.3 is 14.6 Å². The quantitative estimate of drug-likeness (QED) is 0.742. The summed E-state index contributed by atoms with van der Waals surface area (Å²) in [5.41, 5.74) is 0. The third kappa shape index (κ3) is 4.86. The van der Waals surface area contributed by atoms with Crippen LogP contribution in [0.2, 0.25) is 0 Å². The molecule has 0 aliphatic carbocycles. The van der Waals surface area contributed by atoms with Crippen molar-refractivity contribution in [3.05, 3.63) is 36.8 Å². The van der Waals surface area contributed by atoms with Crippen LogP contribution in [0.25, 0.3) is 0 Å². The summed E-state index contributed by atoms with van der Waals surface area (Å²) in [6.07, 6.45) is 3.47. The van der Waals surface area contributed by atoms with Gasteiger partial charge in [0.05, 0.1) is 12.8 Å². The topological polar surface area (TPSA) is 62.6 Å². The minimum atomic E-state index is -0.110. The van der Waals surface area contributed by atoms with Crippen molar-refractivity contribution in [1.29, 1.82) is 0 Å². The Morgan fingerprint density at radius 3 is 2.89 bits per heavy atom. The molecule has 0 saturated heterocycles. The van der Waals surface area contributed by atoms with Gasteiger partial charge >= 0.3 is 0 Å². The molecule has 1 heterocycles. The lowest BCUT2D eigenvalue weighted by Crippen LogP contribution is -2.33. The van der Waals surface area contributed by atoms with Crippen molar-refractivity contribution in [1.82, 2.24) is 10.2 Å². The van der Waals surface area contributed by atoms with Crippen LogP contribution < -0.4 is 5.32 Å². The molecule has 0 spiro atoms. The predicted octanol–water partition coefficient (Wildman–Crippen LogP) is 1.32. The zero-order chi connectivity index (χ0) is 13.4. The number of carbonyl (C=O) groups is 2. The van der Waals surface area contributed by atoms with Gasteiger partial charge in [-0.1, -0.05) is 6.08 Å². The van der Waals surface area contributed by atoms with Gasteiger partial charge in [-0.05, 0) is 12.1 Å². The summed E-state index contributed by atoms with van der Waals surface area (Å²) in [7, 11) is 0. The molecule has 0 aromatic carbocycles. The molecule has 1 aromatic rings. The van der Waals surface area contributed by atoms with Gasteiger partial charge in [0.15, 0.2) is 0 Å². The minimum Gasteiger partial charge on any atom is -0.467 e. The van der Waals surface area contributed by atoms with Crippen molar-refractivity contribution in [2.45, 2.75) is 19.9 Å². The molecule has 0 radical (unpaired) electrons. The van der Waals surface area contributed by atoms with E-state index in [0.717, 1.165) is 0 Å². The van der Waals surface area contributed by atoms with Gasteiger partial charge in [0.25, 0.3) is 0 Å². The van der Waals surface area contributed by atoms with Gasteiger partial charge in [-0.2, -0.15) is 0 Å². The summed E-state index contributed by atoms with van der Waals surface area (Å²) in [5, 5.41) is 2.72. The lowest BCUT2D eigenvalue weighted by atomic mass is 10.3. The standard InChI is InChI=1S/C13H18N2O3/c1-3-7-15(11(2)16)8-6-13(17)14-10-12-5-4-9-18-12/h3-5,9H,1,6-8,10H2,2H3,(H,14,17). The fraction of sp³-hybridized carbons (Fsp3) is 0.385. The highest BCUT2D eigenvalue weighted by Gasteiger charge is 2.09. The van der Waals surface area contributed by atoms with Crippen molar-refractivity contribution < 1.29 is 14.0 Å². The van der Waals surface area contributed by atoms with Crippen molar-refractivity contribution >= 4 is 11.8 Å². The van der Waals surface area contributed by atoms with Crippen LogP contribution in [0, 0.1) is 0 Å². The minimum absolute atomic E-state index is 0.0614. The van der Waals surface area contributed by atoms with Gasteiger partial charge in [-0.25, -0.2) is 0 Å². The van der Waals surface area contributed by atoms with E-state index in [1.54, 1.807) is 29.4 Å². The smallest absolute Gasteiger partial charge is 0.222 e. The maximum absolute atomic E-state index is 11.6. The molecule has 0 fully saturated rings. The average molecular weight is 250 g/mol. The number of amides is 2. The van der Waals surface area contributed by atoms with E-state index in [1.807, 2.05) is 0 Å². The van der Waals surface area contributed by atoms with Crippen molar-refractivity contribution in [2.75, 3.05) is 13.1 Å². The van der Waals surface area contributed by atoms with E-state index in [4.69, 9.17) is 4.42 Å². The highest BCUT2D eigenvalue weighted by atomic mass is 16.3. The Bertz CT molecular complexity index is 398. The Morgan fingerprint density at radius 1 is 1.56 bits per heavy atom. The maximum atomic E-state index is 11.6. The number of nitrogens with zero attached hydrogens (tertiary/aromatic N) is 1. The van der Waals surface area contributed by atoms with Gasteiger partial charge in [-0.3, -0.25) is 9.59 Å². The van der Waals surface area contributed by atoms with Crippen LogP contribution in [-0.4, -0.2) is 29.8 Å². The van der Waals surface area contributed by atoms with Crippen LogP contribution in [0.1, 0.15) is 19.1 Å². The molecule has 0 aliphatic heterocycles. The third-order valence-corrected chi connectivity index (χ3v) is 2.44. The summed E-state index contributed by atoms with van der Waals surface area (Å²) in [5.74, 6) is 0.535. The van der Waals surface area contributed by atoms with Crippen LogP contribution in [0.5, 0.6) is 0 Å². The number of nitrogens with one attached hydrogen (secondary N) is 1. The number of hydrogen-bond donors (Lipinski definition) is 1. The van der Waals surface area contributed by atoms with E-state index in [1.165, 1.54) is 6.92 Å². The number of rotatable bonds is 7. The van der Waals surface area contributed by atoms with E-state index < -0.39 is 0 Å². The molecule has 5 nitrogen and oxygen atoms in total. The number of hydrogen-bond acceptors (Lipinski definition) is 3. The first-order chi connectivity index (χ1) is 8.63. The van der Waals surface area contributed by atoms with Crippen molar-refractivity contribution in [3.63, 3.8) is 0 Å². The zero-order valence-corrected chi connectivity index (χ0v) is 10.5. The second-order valence-corrected chi connectivity index (χ2v) is 3.86. The largest absolute Gasteiger partial charge is 0.467 e. The highest BCUT2D eigenvalue weighted by molar-refractivity contribution is 5.78. The lowest BCUT2D eigenvalue weighted by Gasteiger charge is -2.18. The molecule has 0 aliphatic rings. The predicted molar refractivity (Wildman–Crippen MR) is 67.6 cm³/mol. The Hall–Kier alpha value is -2.04. The molecule has 0 saturated carbocycles. The summed E-state index contributed by atoms with van der Waals surface area (Å²) >= 11 is 0. The van der Waals surface area contributed by atoms with Crippen molar-refractivity contribution in [2.24, 2.45) is 0 Å². The monoisotopic (exact) mass is 250 g/mol.